The van der Waals surface area contributed by atoms with Crippen molar-refractivity contribution in [3.63, 3.8) is 0 Å². The van der Waals surface area contributed by atoms with Crippen LogP contribution in [-0.4, -0.2) is 94.1 Å². The average molecular weight is 470 g/mol. The van der Waals surface area contributed by atoms with E-state index in [2.05, 4.69) is 0 Å². The number of hydrogen-bond acceptors (Lipinski definition) is 11. The van der Waals surface area contributed by atoms with Crippen LogP contribution in [-0.2, 0) is 28.5 Å². The number of esters is 2. The van der Waals surface area contributed by atoms with E-state index in [4.69, 9.17) is 18.9 Å². The van der Waals surface area contributed by atoms with Crippen LogP contribution in [0.1, 0.15) is 26.3 Å². The van der Waals surface area contributed by atoms with Gasteiger partial charge in [0.05, 0.1) is 13.2 Å². The molecule has 33 heavy (non-hydrogen) atoms. The third kappa shape index (κ3) is 7.22. The number of phenols is 1. The van der Waals surface area contributed by atoms with Gasteiger partial charge < -0.3 is 44.5 Å². The van der Waals surface area contributed by atoms with Gasteiger partial charge in [-0.05, 0) is 37.1 Å². The quantitative estimate of drug-likeness (QED) is 0.232. The van der Waals surface area contributed by atoms with Gasteiger partial charge >= 0.3 is 11.9 Å². The second kappa shape index (κ2) is 12.1. The molecule has 0 amide bonds. The number of carbonyl (C=O) groups excluding carboxylic acids is 2. The van der Waals surface area contributed by atoms with Crippen molar-refractivity contribution in [3.8, 4) is 5.75 Å². The minimum Gasteiger partial charge on any atom is -0.508 e. The highest BCUT2D eigenvalue weighted by atomic mass is 16.7. The van der Waals surface area contributed by atoms with E-state index in [0.29, 0.717) is 16.7 Å². The summed E-state index contributed by atoms with van der Waals surface area (Å²) in [6.07, 6.45) is -8.42. The second-order valence-electron chi connectivity index (χ2n) is 7.66. The van der Waals surface area contributed by atoms with Gasteiger partial charge in [0.1, 0.15) is 36.8 Å². The first kappa shape index (κ1) is 26.7. The Kier molecular flexibility index (Phi) is 9.77. The predicted molar refractivity (Wildman–Crippen MR) is 113 cm³/mol. The lowest BCUT2D eigenvalue weighted by atomic mass is 9.99. The van der Waals surface area contributed by atoms with Gasteiger partial charge in [0.25, 0.3) is 0 Å². The Bertz CT molecular complexity index is 833. The van der Waals surface area contributed by atoms with Gasteiger partial charge in [0.2, 0.25) is 0 Å². The maximum atomic E-state index is 12.5. The van der Waals surface area contributed by atoms with Crippen LogP contribution in [0.15, 0.2) is 29.8 Å². The van der Waals surface area contributed by atoms with Gasteiger partial charge in [0.15, 0.2) is 12.4 Å². The van der Waals surface area contributed by atoms with Crippen LogP contribution in [0.4, 0.5) is 0 Å². The molecule has 1 aliphatic heterocycles. The van der Waals surface area contributed by atoms with E-state index in [1.165, 1.54) is 12.1 Å². The summed E-state index contributed by atoms with van der Waals surface area (Å²) in [6, 6.07) is 6.28. The Morgan fingerprint density at radius 1 is 1.00 bits per heavy atom. The molecule has 1 fully saturated rings. The van der Waals surface area contributed by atoms with Crippen molar-refractivity contribution < 1.29 is 54.1 Å². The lowest BCUT2D eigenvalue weighted by Crippen LogP contribution is -2.59. The Morgan fingerprint density at radius 2 is 1.64 bits per heavy atom. The fourth-order valence-electron chi connectivity index (χ4n) is 3.12. The maximum Gasteiger partial charge on any atom is 0.334 e. The van der Waals surface area contributed by atoms with Crippen molar-refractivity contribution in [2.75, 3.05) is 19.8 Å². The molecule has 1 saturated heterocycles. The first-order chi connectivity index (χ1) is 15.5. The lowest BCUT2D eigenvalue weighted by Gasteiger charge is -2.39. The highest BCUT2D eigenvalue weighted by Crippen LogP contribution is 2.23. The average Bonchev–Trinajstić information content (AvgIpc) is 2.79. The van der Waals surface area contributed by atoms with Crippen LogP contribution in [0.5, 0.6) is 5.75 Å². The van der Waals surface area contributed by atoms with Crippen LogP contribution in [0, 0.1) is 0 Å². The molecule has 0 bridgehead atoms. The molecule has 1 heterocycles. The number of phenolic OH excluding ortho intramolecular Hbond substituents is 1. The van der Waals surface area contributed by atoms with Gasteiger partial charge in [-0.15, -0.1) is 0 Å². The van der Waals surface area contributed by atoms with Crippen LogP contribution < -0.4 is 0 Å². The first-order valence-electron chi connectivity index (χ1n) is 10.3. The molecule has 0 aliphatic carbocycles. The molecule has 5 N–H and O–H groups in total. The summed E-state index contributed by atoms with van der Waals surface area (Å²) < 4.78 is 20.9. The number of rotatable bonds is 9. The zero-order valence-electron chi connectivity index (χ0n) is 18.6. The first-order valence-corrected chi connectivity index (χ1v) is 10.3. The van der Waals surface area contributed by atoms with E-state index in [1.807, 2.05) is 0 Å². The van der Waals surface area contributed by atoms with Crippen molar-refractivity contribution in [2.45, 2.75) is 57.6 Å². The van der Waals surface area contributed by atoms with Crippen LogP contribution in [0.25, 0.3) is 5.57 Å². The van der Waals surface area contributed by atoms with E-state index in [1.54, 1.807) is 26.0 Å². The number of benzene rings is 1. The topological polar surface area (TPSA) is 172 Å². The van der Waals surface area contributed by atoms with E-state index >= 15 is 0 Å². The molecule has 184 valence electrons. The molecule has 2 rings (SSSR count). The summed E-state index contributed by atoms with van der Waals surface area (Å²) in [5.74, 6) is -1.23. The van der Waals surface area contributed by atoms with Crippen molar-refractivity contribution in [3.05, 3.63) is 35.4 Å². The lowest BCUT2D eigenvalue weighted by molar-refractivity contribution is -0.305. The summed E-state index contributed by atoms with van der Waals surface area (Å²) >= 11 is 0. The zero-order valence-corrected chi connectivity index (χ0v) is 18.6. The molecule has 1 aromatic rings. The van der Waals surface area contributed by atoms with E-state index in [-0.39, 0.29) is 19.0 Å². The maximum absolute atomic E-state index is 12.5. The van der Waals surface area contributed by atoms with Crippen LogP contribution in [0.2, 0.25) is 0 Å². The number of aromatic hydroxyl groups is 1. The van der Waals surface area contributed by atoms with Crippen molar-refractivity contribution in [2.24, 2.45) is 0 Å². The third-order valence-corrected chi connectivity index (χ3v) is 5.20. The molecule has 11 nitrogen and oxygen atoms in total. The van der Waals surface area contributed by atoms with Gasteiger partial charge in [0, 0.05) is 12.5 Å². The summed E-state index contributed by atoms with van der Waals surface area (Å²) in [7, 11) is 0. The number of aliphatic hydroxyl groups excluding tert-OH is 4. The van der Waals surface area contributed by atoms with E-state index in [9.17, 15) is 35.1 Å². The molecular weight excluding hydrogens is 440 g/mol. The number of hydrogen-bond donors (Lipinski definition) is 5. The summed E-state index contributed by atoms with van der Waals surface area (Å²) in [6.45, 7) is 3.08. The normalized spacial score (nSPS) is 26.8. The SMILES string of the molecule is CC(=O)OC(COC(=O)C(C)=C(C)c1ccc(O)cc1)COC1OC(CO)C(O)C(O)C1O. The summed E-state index contributed by atoms with van der Waals surface area (Å²) in [4.78, 5) is 23.9. The second-order valence-corrected chi connectivity index (χ2v) is 7.66. The van der Waals surface area contributed by atoms with Gasteiger partial charge in [-0.2, -0.15) is 0 Å². The molecule has 0 saturated carbocycles. The minimum atomic E-state index is -1.62. The number of aliphatic hydroxyl groups is 4. The van der Waals surface area contributed by atoms with Gasteiger partial charge in [-0.1, -0.05) is 12.1 Å². The molecule has 0 spiro atoms. The van der Waals surface area contributed by atoms with Crippen LogP contribution in [0.3, 0.4) is 0 Å². The minimum absolute atomic E-state index is 0.0930. The highest BCUT2D eigenvalue weighted by molar-refractivity contribution is 5.96. The van der Waals surface area contributed by atoms with E-state index < -0.39 is 55.4 Å². The monoisotopic (exact) mass is 470 g/mol. The molecule has 1 aromatic carbocycles. The zero-order chi connectivity index (χ0) is 24.7. The van der Waals surface area contributed by atoms with Crippen molar-refractivity contribution >= 4 is 17.5 Å². The number of allylic oxidation sites excluding steroid dienone is 1. The largest absolute Gasteiger partial charge is 0.508 e. The van der Waals surface area contributed by atoms with E-state index in [0.717, 1.165) is 6.92 Å². The smallest absolute Gasteiger partial charge is 0.334 e. The summed E-state index contributed by atoms with van der Waals surface area (Å²) in [5.41, 5.74) is 1.64. The molecule has 0 radical (unpaired) electrons. The Balaban J connectivity index is 1.99. The predicted octanol–water partition coefficient (Wildman–Crippen LogP) is -0.523. The third-order valence-electron chi connectivity index (χ3n) is 5.20. The molecule has 1 aliphatic rings. The fourth-order valence-corrected chi connectivity index (χ4v) is 3.12. The van der Waals surface area contributed by atoms with Crippen molar-refractivity contribution in [1.82, 2.24) is 0 Å². The van der Waals surface area contributed by atoms with Crippen LogP contribution >= 0.6 is 0 Å². The number of ether oxygens (including phenoxy) is 4. The number of carbonyl (C=O) groups is 2. The summed E-state index contributed by atoms with van der Waals surface area (Å²) in [5, 5.41) is 48.3. The Hall–Kier alpha value is -2.54. The molecule has 0 aromatic heterocycles. The molecule has 11 heteroatoms. The fraction of sp³-hybridized carbons (Fsp3) is 0.545. The standard InChI is InChI=1S/C22H30O11/c1-11(14-4-6-15(25)7-5-14)12(2)21(29)30-9-16(32-13(3)24)10-31-22-20(28)19(27)18(26)17(8-23)33-22/h4-7,16-20,22-23,25-28H,8-10H2,1-3H3. The molecule has 6 unspecified atom stereocenters. The van der Waals surface area contributed by atoms with Gasteiger partial charge in [-0.25, -0.2) is 4.79 Å². The highest BCUT2D eigenvalue weighted by Gasteiger charge is 2.44. The van der Waals surface area contributed by atoms with Crippen molar-refractivity contribution in [1.29, 1.82) is 0 Å². The Labute approximate surface area is 190 Å². The molecule has 6 atom stereocenters. The van der Waals surface area contributed by atoms with Gasteiger partial charge in [-0.3, -0.25) is 4.79 Å². The molecular formula is C22H30O11. The Morgan fingerprint density at radius 3 is 2.21 bits per heavy atom.